The van der Waals surface area contributed by atoms with Crippen molar-refractivity contribution in [3.05, 3.63) is 12.2 Å². The third kappa shape index (κ3) is 3.62. The highest BCUT2D eigenvalue weighted by molar-refractivity contribution is 4.90. The molecule has 2 rings (SSSR count). The summed E-state index contributed by atoms with van der Waals surface area (Å²) in [6.45, 7) is 4.95. The lowest BCUT2D eigenvalue weighted by Crippen LogP contribution is -2.32. The van der Waals surface area contributed by atoms with E-state index >= 15 is 0 Å². The lowest BCUT2D eigenvalue weighted by atomic mass is 9.80. The van der Waals surface area contributed by atoms with Crippen molar-refractivity contribution in [2.24, 2.45) is 17.8 Å². The van der Waals surface area contributed by atoms with E-state index in [1.54, 1.807) is 0 Å². The Kier molecular flexibility index (Phi) is 4.90. The second-order valence-electron chi connectivity index (χ2n) is 5.83. The first-order valence-corrected chi connectivity index (χ1v) is 7.22. The van der Waals surface area contributed by atoms with E-state index in [2.05, 4.69) is 24.4 Å². The monoisotopic (exact) mass is 221 g/mol. The van der Waals surface area contributed by atoms with Crippen molar-refractivity contribution in [1.29, 1.82) is 0 Å². The molecule has 1 nitrogen and oxygen atoms in total. The molecule has 0 amide bonds. The van der Waals surface area contributed by atoms with Gasteiger partial charge in [-0.25, -0.2) is 0 Å². The smallest absolute Gasteiger partial charge is 0.00173 e. The van der Waals surface area contributed by atoms with Gasteiger partial charge in [0.15, 0.2) is 0 Å². The zero-order valence-electron chi connectivity index (χ0n) is 10.8. The summed E-state index contributed by atoms with van der Waals surface area (Å²) in [5.74, 6) is 2.81. The van der Waals surface area contributed by atoms with Gasteiger partial charge in [-0.05, 0) is 56.5 Å². The van der Waals surface area contributed by atoms with Crippen LogP contribution in [-0.4, -0.2) is 13.1 Å². The number of rotatable bonds is 4. The van der Waals surface area contributed by atoms with E-state index in [4.69, 9.17) is 0 Å². The van der Waals surface area contributed by atoms with E-state index < -0.39 is 0 Å². The topological polar surface area (TPSA) is 12.0 Å². The lowest BCUT2D eigenvalue weighted by Gasteiger charge is -2.29. The Hall–Kier alpha value is -0.300. The zero-order valence-corrected chi connectivity index (χ0v) is 10.8. The molecule has 1 saturated carbocycles. The first-order valence-electron chi connectivity index (χ1n) is 7.22. The molecule has 3 atom stereocenters. The van der Waals surface area contributed by atoms with Gasteiger partial charge in [-0.3, -0.25) is 0 Å². The average molecular weight is 221 g/mol. The van der Waals surface area contributed by atoms with Crippen LogP contribution in [0, 0.1) is 17.8 Å². The fourth-order valence-electron chi connectivity index (χ4n) is 3.21. The molecule has 1 N–H and O–H groups in total. The summed E-state index contributed by atoms with van der Waals surface area (Å²) in [4.78, 5) is 0. The molecule has 0 heterocycles. The molecule has 0 spiro atoms. The van der Waals surface area contributed by atoms with Gasteiger partial charge in [0.05, 0.1) is 0 Å². The molecular formula is C15H27N. The Morgan fingerprint density at radius 2 is 1.94 bits per heavy atom. The van der Waals surface area contributed by atoms with Gasteiger partial charge >= 0.3 is 0 Å². The quantitative estimate of drug-likeness (QED) is 0.713. The van der Waals surface area contributed by atoms with Gasteiger partial charge in [0.2, 0.25) is 0 Å². The molecule has 2 aliphatic rings. The van der Waals surface area contributed by atoms with Crippen LogP contribution in [0.2, 0.25) is 0 Å². The van der Waals surface area contributed by atoms with Crippen LogP contribution in [0.15, 0.2) is 12.2 Å². The highest BCUT2D eigenvalue weighted by Gasteiger charge is 2.21. The van der Waals surface area contributed by atoms with E-state index in [1.807, 2.05) is 0 Å². The molecular weight excluding hydrogens is 194 g/mol. The Morgan fingerprint density at radius 3 is 2.69 bits per heavy atom. The van der Waals surface area contributed by atoms with E-state index in [0.717, 1.165) is 17.8 Å². The Labute approximate surface area is 101 Å². The number of hydrogen-bond acceptors (Lipinski definition) is 1. The third-order valence-corrected chi connectivity index (χ3v) is 4.51. The second kappa shape index (κ2) is 6.44. The summed E-state index contributed by atoms with van der Waals surface area (Å²) in [6.07, 6.45) is 14.5. The van der Waals surface area contributed by atoms with Crippen molar-refractivity contribution >= 4 is 0 Å². The summed E-state index contributed by atoms with van der Waals surface area (Å²) >= 11 is 0. The van der Waals surface area contributed by atoms with Crippen molar-refractivity contribution < 1.29 is 0 Å². The standard InChI is InChI=1S/C15H27N/c1-13-7-5-6-10-15(13)12-16-11-14-8-3-2-4-9-14/h2-3,13-16H,4-12H2,1H3. The maximum atomic E-state index is 3.72. The zero-order chi connectivity index (χ0) is 11.2. The molecule has 0 saturated heterocycles. The lowest BCUT2D eigenvalue weighted by molar-refractivity contribution is 0.243. The highest BCUT2D eigenvalue weighted by atomic mass is 14.9. The van der Waals surface area contributed by atoms with Crippen molar-refractivity contribution in [1.82, 2.24) is 5.32 Å². The van der Waals surface area contributed by atoms with Gasteiger partial charge in [0.25, 0.3) is 0 Å². The minimum absolute atomic E-state index is 0.906. The largest absolute Gasteiger partial charge is 0.316 e. The second-order valence-corrected chi connectivity index (χ2v) is 5.83. The van der Waals surface area contributed by atoms with Gasteiger partial charge in [-0.2, -0.15) is 0 Å². The van der Waals surface area contributed by atoms with Gasteiger partial charge in [-0.1, -0.05) is 38.3 Å². The van der Waals surface area contributed by atoms with Crippen molar-refractivity contribution in [3.63, 3.8) is 0 Å². The van der Waals surface area contributed by atoms with Gasteiger partial charge in [0.1, 0.15) is 0 Å². The molecule has 0 aromatic rings. The van der Waals surface area contributed by atoms with Crippen LogP contribution in [0.1, 0.15) is 51.9 Å². The first-order chi connectivity index (χ1) is 7.86. The maximum absolute atomic E-state index is 3.72. The minimum atomic E-state index is 0.906. The molecule has 2 aliphatic carbocycles. The summed E-state index contributed by atoms with van der Waals surface area (Å²) in [5, 5.41) is 3.72. The van der Waals surface area contributed by atoms with Crippen LogP contribution in [0.4, 0.5) is 0 Å². The SMILES string of the molecule is CC1CCCCC1CNCC1CC=CCC1. The number of hydrogen-bond donors (Lipinski definition) is 1. The molecule has 0 radical (unpaired) electrons. The van der Waals surface area contributed by atoms with Gasteiger partial charge in [0, 0.05) is 0 Å². The summed E-state index contributed by atoms with van der Waals surface area (Å²) in [6, 6.07) is 0. The van der Waals surface area contributed by atoms with Crippen molar-refractivity contribution in [3.8, 4) is 0 Å². The van der Waals surface area contributed by atoms with Crippen molar-refractivity contribution in [2.45, 2.75) is 51.9 Å². The minimum Gasteiger partial charge on any atom is -0.316 e. The molecule has 3 unspecified atom stereocenters. The van der Waals surface area contributed by atoms with Crippen LogP contribution in [0.5, 0.6) is 0 Å². The number of allylic oxidation sites excluding steroid dienone is 2. The Balaban J connectivity index is 1.61. The predicted octanol–water partition coefficient (Wildman–Crippen LogP) is 3.76. The third-order valence-electron chi connectivity index (χ3n) is 4.51. The van der Waals surface area contributed by atoms with Crippen LogP contribution in [0.3, 0.4) is 0 Å². The van der Waals surface area contributed by atoms with E-state index in [1.165, 1.54) is 58.0 Å². The summed E-state index contributed by atoms with van der Waals surface area (Å²) in [7, 11) is 0. The Morgan fingerprint density at radius 1 is 1.06 bits per heavy atom. The van der Waals surface area contributed by atoms with Crippen LogP contribution in [0.25, 0.3) is 0 Å². The van der Waals surface area contributed by atoms with E-state index in [9.17, 15) is 0 Å². The van der Waals surface area contributed by atoms with Crippen LogP contribution < -0.4 is 5.32 Å². The predicted molar refractivity (Wildman–Crippen MR) is 70.5 cm³/mol. The average Bonchev–Trinajstić information content (AvgIpc) is 2.33. The first kappa shape index (κ1) is 12.2. The Bertz CT molecular complexity index is 221. The molecule has 0 aliphatic heterocycles. The highest BCUT2D eigenvalue weighted by Crippen LogP contribution is 2.29. The fourth-order valence-corrected chi connectivity index (χ4v) is 3.21. The molecule has 1 heteroatoms. The fraction of sp³-hybridized carbons (Fsp3) is 0.867. The number of nitrogens with one attached hydrogen (secondary N) is 1. The molecule has 0 aromatic heterocycles. The summed E-state index contributed by atoms with van der Waals surface area (Å²) < 4.78 is 0. The van der Waals surface area contributed by atoms with Gasteiger partial charge < -0.3 is 5.32 Å². The molecule has 0 aromatic carbocycles. The summed E-state index contributed by atoms with van der Waals surface area (Å²) in [5.41, 5.74) is 0. The normalized spacial score (nSPS) is 35.2. The molecule has 92 valence electrons. The van der Waals surface area contributed by atoms with E-state index in [-0.39, 0.29) is 0 Å². The molecule has 0 bridgehead atoms. The molecule has 1 fully saturated rings. The van der Waals surface area contributed by atoms with Crippen LogP contribution >= 0.6 is 0 Å². The van der Waals surface area contributed by atoms with Crippen molar-refractivity contribution in [2.75, 3.05) is 13.1 Å². The maximum Gasteiger partial charge on any atom is -0.00173 e. The van der Waals surface area contributed by atoms with Gasteiger partial charge in [-0.15, -0.1) is 0 Å². The van der Waals surface area contributed by atoms with Crippen LogP contribution in [-0.2, 0) is 0 Å². The van der Waals surface area contributed by atoms with E-state index in [0.29, 0.717) is 0 Å². The molecule has 16 heavy (non-hydrogen) atoms.